The zero-order valence-corrected chi connectivity index (χ0v) is 19.0. The van der Waals surface area contributed by atoms with E-state index in [-0.39, 0.29) is 23.3 Å². The van der Waals surface area contributed by atoms with Crippen molar-refractivity contribution < 1.29 is 18.9 Å². The van der Waals surface area contributed by atoms with Crippen LogP contribution in [0.4, 0.5) is 0 Å². The molecule has 0 aliphatic heterocycles. The molecule has 0 bridgehead atoms. The zero-order chi connectivity index (χ0) is 23.3. The van der Waals surface area contributed by atoms with Crippen LogP contribution in [-0.4, -0.2) is 38.9 Å². The summed E-state index contributed by atoms with van der Waals surface area (Å²) in [5, 5.41) is 26.1. The first-order chi connectivity index (χ1) is 15.5. The fourth-order valence-corrected chi connectivity index (χ4v) is 3.09. The largest absolute Gasteiger partial charge is 0.490 e. The Kier molecular flexibility index (Phi) is 10.1. The summed E-state index contributed by atoms with van der Waals surface area (Å²) >= 11 is 12.5. The fourth-order valence-electron chi connectivity index (χ4n) is 2.54. The van der Waals surface area contributed by atoms with Crippen molar-refractivity contribution in [1.82, 2.24) is 0 Å². The van der Waals surface area contributed by atoms with Gasteiger partial charge in [-0.3, -0.25) is 0 Å². The van der Waals surface area contributed by atoms with E-state index in [0.717, 1.165) is 0 Å². The summed E-state index contributed by atoms with van der Waals surface area (Å²) in [6.07, 6.45) is 2.99. The van der Waals surface area contributed by atoms with Crippen molar-refractivity contribution in [3.05, 3.63) is 45.4 Å². The Morgan fingerprint density at radius 3 is 1.50 bits per heavy atom. The normalized spacial score (nSPS) is 10.7. The maximum Gasteiger partial charge on any atom is 0.181 e. The lowest BCUT2D eigenvalue weighted by atomic mass is 10.2. The molecule has 0 fully saturated rings. The smallest absolute Gasteiger partial charge is 0.181 e. The van der Waals surface area contributed by atoms with E-state index >= 15 is 0 Å². The van der Waals surface area contributed by atoms with Crippen molar-refractivity contribution in [2.45, 2.75) is 13.8 Å². The Morgan fingerprint density at radius 2 is 1.16 bits per heavy atom. The van der Waals surface area contributed by atoms with Crippen LogP contribution in [0.2, 0.25) is 10.0 Å². The van der Waals surface area contributed by atoms with Crippen LogP contribution in [0.3, 0.4) is 0 Å². The number of rotatable bonds is 11. The van der Waals surface area contributed by atoms with Gasteiger partial charge >= 0.3 is 0 Å². The molecule has 0 N–H and O–H groups in total. The molecule has 8 nitrogen and oxygen atoms in total. The molecule has 10 heteroatoms. The number of nitrogens with zero attached hydrogens (tertiary/aromatic N) is 4. The van der Waals surface area contributed by atoms with Crippen molar-refractivity contribution >= 4 is 35.6 Å². The van der Waals surface area contributed by atoms with Gasteiger partial charge in [-0.05, 0) is 38.1 Å². The molecular weight excluding hydrogens is 455 g/mol. The predicted octanol–water partition coefficient (Wildman–Crippen LogP) is 5.05. The van der Waals surface area contributed by atoms with E-state index in [9.17, 15) is 0 Å². The van der Waals surface area contributed by atoms with Crippen molar-refractivity contribution in [2.75, 3.05) is 26.4 Å². The maximum absolute atomic E-state index is 8.72. The van der Waals surface area contributed by atoms with Crippen LogP contribution >= 0.6 is 23.2 Å². The molecule has 0 atom stereocenters. The van der Waals surface area contributed by atoms with Gasteiger partial charge in [0.25, 0.3) is 0 Å². The summed E-state index contributed by atoms with van der Waals surface area (Å²) in [6.45, 7) is 4.15. The Morgan fingerprint density at radius 1 is 0.750 bits per heavy atom. The van der Waals surface area contributed by atoms with Crippen LogP contribution < -0.4 is 18.9 Å². The number of ether oxygens (including phenoxy) is 4. The minimum Gasteiger partial charge on any atom is -0.490 e. The summed E-state index contributed by atoms with van der Waals surface area (Å²) in [7, 11) is 0. The molecule has 166 valence electrons. The molecule has 0 spiro atoms. The first-order valence-corrected chi connectivity index (χ1v) is 10.3. The first-order valence-electron chi connectivity index (χ1n) is 9.52. The lowest BCUT2D eigenvalue weighted by molar-refractivity contribution is 0.298. The van der Waals surface area contributed by atoms with E-state index in [1.165, 1.54) is 12.4 Å². The average Bonchev–Trinajstić information content (AvgIpc) is 2.76. The maximum atomic E-state index is 8.72. The molecule has 0 aliphatic carbocycles. The monoisotopic (exact) mass is 474 g/mol. The van der Waals surface area contributed by atoms with Crippen LogP contribution in [-0.2, 0) is 0 Å². The Hall–Kier alpha value is -3.46. The lowest BCUT2D eigenvalue weighted by Gasteiger charge is -2.12. The van der Waals surface area contributed by atoms with Gasteiger partial charge in [0.1, 0.15) is 12.1 Å². The molecule has 0 saturated heterocycles. The minimum atomic E-state index is -0.149. The van der Waals surface area contributed by atoms with Crippen molar-refractivity contribution in [3.63, 3.8) is 0 Å². The summed E-state index contributed by atoms with van der Waals surface area (Å²) in [6, 6.07) is 10.4. The quantitative estimate of drug-likeness (QED) is 0.332. The van der Waals surface area contributed by atoms with E-state index in [2.05, 4.69) is 10.2 Å². The van der Waals surface area contributed by atoms with Crippen LogP contribution in [0.1, 0.15) is 25.0 Å². The third kappa shape index (κ3) is 7.05. The predicted molar refractivity (Wildman–Crippen MR) is 123 cm³/mol. The summed E-state index contributed by atoms with van der Waals surface area (Å²) < 4.78 is 21.8. The molecule has 0 aliphatic rings. The number of hydrogen-bond donors (Lipinski definition) is 0. The third-order valence-electron chi connectivity index (χ3n) is 3.71. The van der Waals surface area contributed by atoms with E-state index in [1.54, 1.807) is 24.3 Å². The average molecular weight is 475 g/mol. The minimum absolute atomic E-state index is 0.149. The molecule has 0 heterocycles. The van der Waals surface area contributed by atoms with Crippen LogP contribution in [0.25, 0.3) is 0 Å². The molecule has 2 aromatic carbocycles. The molecule has 2 aromatic rings. The summed E-state index contributed by atoms with van der Waals surface area (Å²) in [5.74, 6) is 1.41. The standard InChI is InChI=1S/C22H20Cl2N4O4/c1-3-29-19-11-15(9-17(23)21(19)31-7-5-25)13-27-28-14-16-10-18(24)22(32-8-6-26)20(12-16)30-4-2/h9-14H,3-4,7-8H2,1-2H3/b27-13-,28-14-. The second kappa shape index (κ2) is 13.1. The molecular formula is C22H20Cl2N4O4. The van der Waals surface area contributed by atoms with Crippen molar-refractivity contribution in [2.24, 2.45) is 10.2 Å². The van der Waals surface area contributed by atoms with Gasteiger partial charge < -0.3 is 18.9 Å². The van der Waals surface area contributed by atoms with Crippen LogP contribution in [0, 0.1) is 22.7 Å². The molecule has 32 heavy (non-hydrogen) atoms. The highest BCUT2D eigenvalue weighted by molar-refractivity contribution is 6.33. The highest BCUT2D eigenvalue weighted by Gasteiger charge is 2.13. The van der Waals surface area contributed by atoms with Gasteiger partial charge in [-0.15, -0.1) is 0 Å². The van der Waals surface area contributed by atoms with Gasteiger partial charge in [0.05, 0.1) is 35.7 Å². The first kappa shape index (κ1) is 24.8. The second-order valence-electron chi connectivity index (χ2n) is 5.91. The Bertz CT molecular complexity index is 990. The van der Waals surface area contributed by atoms with Gasteiger partial charge in [-0.2, -0.15) is 20.7 Å². The number of hydrogen-bond acceptors (Lipinski definition) is 8. The van der Waals surface area contributed by atoms with E-state index in [4.69, 9.17) is 52.7 Å². The topological polar surface area (TPSA) is 109 Å². The highest BCUT2D eigenvalue weighted by atomic mass is 35.5. The van der Waals surface area contributed by atoms with Crippen LogP contribution in [0.5, 0.6) is 23.0 Å². The Balaban J connectivity index is 2.22. The Labute approximate surface area is 196 Å². The third-order valence-corrected chi connectivity index (χ3v) is 4.27. The van der Waals surface area contributed by atoms with Gasteiger partial charge in [0.2, 0.25) is 0 Å². The molecule has 2 rings (SSSR count). The number of nitriles is 2. The molecule has 0 aromatic heterocycles. The lowest BCUT2D eigenvalue weighted by Crippen LogP contribution is -2.01. The SMILES string of the molecule is CCOc1cc(/C=N\N=C/c2cc(Cl)c(OCC#N)c(OCC)c2)cc(Cl)c1OCC#N. The van der Waals surface area contributed by atoms with Gasteiger partial charge in [-0.25, -0.2) is 0 Å². The zero-order valence-electron chi connectivity index (χ0n) is 17.5. The number of halogens is 2. The van der Waals surface area contributed by atoms with E-state index in [1.807, 2.05) is 26.0 Å². The van der Waals surface area contributed by atoms with Gasteiger partial charge in [0, 0.05) is 11.1 Å². The molecule has 0 radical (unpaired) electrons. The number of benzene rings is 2. The molecule has 0 saturated carbocycles. The van der Waals surface area contributed by atoms with Gasteiger partial charge in [0.15, 0.2) is 36.2 Å². The van der Waals surface area contributed by atoms with Gasteiger partial charge in [-0.1, -0.05) is 23.2 Å². The van der Waals surface area contributed by atoms with Crippen molar-refractivity contribution in [3.8, 4) is 35.1 Å². The highest BCUT2D eigenvalue weighted by Crippen LogP contribution is 2.37. The van der Waals surface area contributed by atoms with E-state index in [0.29, 0.717) is 47.3 Å². The van der Waals surface area contributed by atoms with Crippen LogP contribution in [0.15, 0.2) is 34.5 Å². The van der Waals surface area contributed by atoms with Crippen molar-refractivity contribution in [1.29, 1.82) is 10.5 Å². The second-order valence-corrected chi connectivity index (χ2v) is 6.72. The van der Waals surface area contributed by atoms with E-state index < -0.39 is 0 Å². The fraction of sp³-hybridized carbons (Fsp3) is 0.273. The molecule has 0 amide bonds. The molecule has 0 unspecified atom stereocenters. The summed E-state index contributed by atoms with van der Waals surface area (Å²) in [4.78, 5) is 0. The summed E-state index contributed by atoms with van der Waals surface area (Å²) in [5.41, 5.74) is 1.27.